The quantitative estimate of drug-likeness (QED) is 0.637. The molecule has 1 rings (SSSR count). The van der Waals surface area contributed by atoms with Crippen molar-refractivity contribution in [2.75, 3.05) is 20.3 Å². The van der Waals surface area contributed by atoms with Crippen molar-refractivity contribution in [3.05, 3.63) is 28.8 Å². The maximum Gasteiger partial charge on any atom is 0.129 e. The number of hydrogen-bond donors (Lipinski definition) is 1. The lowest BCUT2D eigenvalue weighted by Crippen LogP contribution is -2.13. The maximum absolute atomic E-state index is 5.83. The average Bonchev–Trinajstić information content (AvgIpc) is 2.20. The molecule has 0 saturated heterocycles. The van der Waals surface area contributed by atoms with Crippen LogP contribution in [0.4, 0.5) is 0 Å². The summed E-state index contributed by atoms with van der Waals surface area (Å²) < 4.78 is 10.3. The van der Waals surface area contributed by atoms with Gasteiger partial charge >= 0.3 is 0 Å². The van der Waals surface area contributed by atoms with Crippen LogP contribution in [0.25, 0.3) is 0 Å². The maximum atomic E-state index is 5.83. The molecule has 1 aromatic carbocycles. The highest BCUT2D eigenvalue weighted by Gasteiger charge is 2.06. The fraction of sp³-hybridized carbons (Fsp3) is 0.300. The molecule has 0 heterocycles. The molecule has 5 heteroatoms. The Kier molecular flexibility index (Phi) is 4.81. The molecule has 0 fully saturated rings. The first kappa shape index (κ1) is 12.2. The number of hydrogen-bond acceptors (Lipinski definition) is 3. The van der Waals surface area contributed by atoms with Crippen molar-refractivity contribution >= 4 is 28.8 Å². The van der Waals surface area contributed by atoms with Crippen molar-refractivity contribution in [2.45, 2.75) is 0 Å². The second kappa shape index (κ2) is 5.90. The van der Waals surface area contributed by atoms with Crippen molar-refractivity contribution in [1.29, 1.82) is 0 Å². The summed E-state index contributed by atoms with van der Waals surface area (Å²) in [6.45, 7) is 0.965. The minimum absolute atomic E-state index is 0.268. The third kappa shape index (κ3) is 3.66. The predicted molar refractivity (Wildman–Crippen MR) is 64.7 cm³/mol. The summed E-state index contributed by atoms with van der Waals surface area (Å²) in [5.41, 5.74) is 6.20. The molecule has 0 amide bonds. The topological polar surface area (TPSA) is 44.5 Å². The zero-order valence-corrected chi connectivity index (χ0v) is 9.90. The molecule has 0 aliphatic heterocycles. The normalized spacial score (nSPS) is 10.0. The summed E-state index contributed by atoms with van der Waals surface area (Å²) in [6.07, 6.45) is 0. The van der Waals surface area contributed by atoms with Gasteiger partial charge in [0.25, 0.3) is 0 Å². The van der Waals surface area contributed by atoms with Gasteiger partial charge in [-0.15, -0.1) is 0 Å². The summed E-state index contributed by atoms with van der Waals surface area (Å²) in [5.74, 6) is 0.629. The van der Waals surface area contributed by atoms with Crippen LogP contribution in [0.2, 0.25) is 5.02 Å². The van der Waals surface area contributed by atoms with E-state index in [0.717, 1.165) is 0 Å². The molecule has 3 nitrogen and oxygen atoms in total. The molecular formula is C10H12ClNO2S. The molecule has 0 aromatic heterocycles. The molecule has 82 valence electrons. The van der Waals surface area contributed by atoms with Crippen LogP contribution in [0.3, 0.4) is 0 Å². The van der Waals surface area contributed by atoms with E-state index in [-0.39, 0.29) is 4.99 Å². The lowest BCUT2D eigenvalue weighted by Gasteiger charge is -2.10. The van der Waals surface area contributed by atoms with E-state index in [2.05, 4.69) is 0 Å². The van der Waals surface area contributed by atoms with Crippen molar-refractivity contribution in [2.24, 2.45) is 5.73 Å². The molecule has 0 radical (unpaired) electrons. The number of rotatable bonds is 5. The number of nitrogens with two attached hydrogens (primary N) is 1. The number of methoxy groups -OCH3 is 1. The first-order valence-electron chi connectivity index (χ1n) is 4.36. The third-order valence-electron chi connectivity index (χ3n) is 1.75. The van der Waals surface area contributed by atoms with Gasteiger partial charge in [0.2, 0.25) is 0 Å². The summed E-state index contributed by atoms with van der Waals surface area (Å²) in [6, 6.07) is 5.16. The second-order valence-corrected chi connectivity index (χ2v) is 3.72. The Hall–Kier alpha value is -0.840. The molecule has 0 aliphatic carbocycles. The standard InChI is InChI=1S/C10H12ClNO2S/c1-13-4-5-14-9-3-2-7(11)6-8(9)10(12)15/h2-3,6H,4-5H2,1H3,(H2,12,15). The highest BCUT2D eigenvalue weighted by Crippen LogP contribution is 2.22. The Labute approximate surface area is 99.1 Å². The second-order valence-electron chi connectivity index (χ2n) is 2.85. The first-order chi connectivity index (χ1) is 7.15. The molecule has 0 unspecified atom stereocenters. The Morgan fingerprint density at radius 2 is 2.20 bits per heavy atom. The zero-order valence-electron chi connectivity index (χ0n) is 8.33. The van der Waals surface area contributed by atoms with Crippen LogP contribution in [-0.2, 0) is 4.74 Å². The van der Waals surface area contributed by atoms with Gasteiger partial charge in [-0.3, -0.25) is 0 Å². The molecule has 0 spiro atoms. The Morgan fingerprint density at radius 3 is 2.80 bits per heavy atom. The van der Waals surface area contributed by atoms with Crippen LogP contribution in [0.1, 0.15) is 5.56 Å². The summed E-state index contributed by atoms with van der Waals surface area (Å²) >= 11 is 10.7. The Balaban J connectivity index is 2.81. The third-order valence-corrected chi connectivity index (χ3v) is 2.21. The molecule has 0 bridgehead atoms. The lowest BCUT2D eigenvalue weighted by molar-refractivity contribution is 0.146. The van der Waals surface area contributed by atoms with E-state index in [1.54, 1.807) is 25.3 Å². The van der Waals surface area contributed by atoms with Crippen molar-refractivity contribution < 1.29 is 9.47 Å². The first-order valence-corrected chi connectivity index (χ1v) is 5.15. The van der Waals surface area contributed by atoms with E-state index >= 15 is 0 Å². The SMILES string of the molecule is COCCOc1ccc(Cl)cc1C(N)=S. The van der Waals surface area contributed by atoms with E-state index in [9.17, 15) is 0 Å². The van der Waals surface area contributed by atoms with Gasteiger partial charge in [0, 0.05) is 12.1 Å². The van der Waals surface area contributed by atoms with Gasteiger partial charge in [0.1, 0.15) is 17.3 Å². The van der Waals surface area contributed by atoms with Gasteiger partial charge < -0.3 is 15.2 Å². The van der Waals surface area contributed by atoms with Crippen LogP contribution < -0.4 is 10.5 Å². The fourth-order valence-corrected chi connectivity index (χ4v) is 1.39. The van der Waals surface area contributed by atoms with E-state index < -0.39 is 0 Å². The van der Waals surface area contributed by atoms with Gasteiger partial charge in [0.05, 0.1) is 12.2 Å². The monoisotopic (exact) mass is 245 g/mol. The minimum Gasteiger partial charge on any atom is -0.490 e. The number of halogens is 1. The van der Waals surface area contributed by atoms with Gasteiger partial charge in [-0.25, -0.2) is 0 Å². The molecule has 0 saturated carbocycles. The molecule has 1 aromatic rings. The number of ether oxygens (including phenoxy) is 2. The van der Waals surface area contributed by atoms with Crippen LogP contribution in [0.5, 0.6) is 5.75 Å². The van der Waals surface area contributed by atoms with Crippen LogP contribution >= 0.6 is 23.8 Å². The number of thiocarbonyl (C=S) groups is 1. The fourth-order valence-electron chi connectivity index (χ4n) is 1.06. The highest BCUT2D eigenvalue weighted by molar-refractivity contribution is 7.80. The lowest BCUT2D eigenvalue weighted by atomic mass is 10.2. The highest BCUT2D eigenvalue weighted by atomic mass is 35.5. The smallest absolute Gasteiger partial charge is 0.129 e. The molecule has 15 heavy (non-hydrogen) atoms. The van der Waals surface area contributed by atoms with E-state index in [1.807, 2.05) is 0 Å². The Morgan fingerprint density at radius 1 is 1.47 bits per heavy atom. The summed E-state index contributed by atoms with van der Waals surface area (Å²) in [4.78, 5) is 0.268. The minimum atomic E-state index is 0.268. The van der Waals surface area contributed by atoms with Crippen LogP contribution in [0.15, 0.2) is 18.2 Å². The zero-order chi connectivity index (χ0) is 11.3. The summed E-state index contributed by atoms with van der Waals surface area (Å²) in [7, 11) is 1.61. The van der Waals surface area contributed by atoms with E-state index in [4.69, 9.17) is 39.0 Å². The van der Waals surface area contributed by atoms with Crippen LogP contribution in [-0.4, -0.2) is 25.3 Å². The number of benzene rings is 1. The van der Waals surface area contributed by atoms with Gasteiger partial charge in [-0.2, -0.15) is 0 Å². The van der Waals surface area contributed by atoms with Gasteiger partial charge in [0.15, 0.2) is 0 Å². The predicted octanol–water partition coefficient (Wildman–Crippen LogP) is 2.00. The van der Waals surface area contributed by atoms with E-state index in [0.29, 0.717) is 29.5 Å². The van der Waals surface area contributed by atoms with Gasteiger partial charge in [-0.1, -0.05) is 23.8 Å². The molecule has 0 atom stereocenters. The van der Waals surface area contributed by atoms with E-state index in [1.165, 1.54) is 0 Å². The summed E-state index contributed by atoms with van der Waals surface area (Å²) in [5, 5.41) is 0.580. The molecule has 0 aliphatic rings. The molecule has 2 N–H and O–H groups in total. The van der Waals surface area contributed by atoms with Gasteiger partial charge in [-0.05, 0) is 18.2 Å². The van der Waals surface area contributed by atoms with Crippen molar-refractivity contribution in [1.82, 2.24) is 0 Å². The van der Waals surface area contributed by atoms with Crippen molar-refractivity contribution in [3.8, 4) is 5.75 Å². The largest absolute Gasteiger partial charge is 0.490 e. The van der Waals surface area contributed by atoms with Crippen LogP contribution in [0, 0.1) is 0 Å². The molecular weight excluding hydrogens is 234 g/mol. The Bertz CT molecular complexity index is 357. The average molecular weight is 246 g/mol. The van der Waals surface area contributed by atoms with Crippen molar-refractivity contribution in [3.63, 3.8) is 0 Å².